The molecule has 0 aromatic heterocycles. The molecule has 0 bridgehead atoms. The van der Waals surface area contributed by atoms with Crippen LogP contribution in [0.4, 0.5) is 5.69 Å². The largest absolute Gasteiger partial charge is 0.550 e. The van der Waals surface area contributed by atoms with Gasteiger partial charge in [-0.3, -0.25) is 4.79 Å². The summed E-state index contributed by atoms with van der Waals surface area (Å²) in [6.07, 6.45) is 0.899. The molecule has 1 saturated heterocycles. The molecular weight excluding hydrogens is 373 g/mol. The van der Waals surface area contributed by atoms with E-state index in [0.29, 0.717) is 18.7 Å². The van der Waals surface area contributed by atoms with E-state index in [0.717, 1.165) is 9.99 Å². The van der Waals surface area contributed by atoms with Gasteiger partial charge in [-0.2, -0.15) is 0 Å². The molecule has 1 N–H and O–H groups in total. The highest BCUT2D eigenvalue weighted by molar-refractivity contribution is 14.1. The summed E-state index contributed by atoms with van der Waals surface area (Å²) in [6, 6.07) is 7.34. The van der Waals surface area contributed by atoms with Gasteiger partial charge in [-0.1, -0.05) is 12.1 Å². The minimum atomic E-state index is -1.23. The molecule has 2 rings (SSSR count). The number of nitrogens with one attached hydrogen (secondary N) is 1. The Kier molecular flexibility index (Phi) is 5.36. The second kappa shape index (κ2) is 7.03. The first-order chi connectivity index (χ1) is 9.58. The lowest BCUT2D eigenvalue weighted by Gasteiger charge is -2.23. The van der Waals surface area contributed by atoms with Gasteiger partial charge in [0.15, 0.2) is 0 Å². The lowest BCUT2D eigenvalue weighted by molar-refractivity contribution is -0.307. The summed E-state index contributed by atoms with van der Waals surface area (Å²) in [6.45, 7) is 0.574. The summed E-state index contributed by atoms with van der Waals surface area (Å²) in [7, 11) is 0. The van der Waals surface area contributed by atoms with Crippen molar-refractivity contribution in [2.24, 2.45) is 5.92 Å². The van der Waals surface area contributed by atoms with E-state index in [4.69, 9.17) is 4.74 Å². The van der Waals surface area contributed by atoms with E-state index in [1.807, 2.05) is 18.2 Å². The van der Waals surface area contributed by atoms with Crippen LogP contribution in [0.15, 0.2) is 24.3 Å². The Labute approximate surface area is 130 Å². The zero-order chi connectivity index (χ0) is 14.5. The number of carbonyl (C=O) groups is 2. The van der Waals surface area contributed by atoms with Crippen LogP contribution in [0, 0.1) is 9.49 Å². The van der Waals surface area contributed by atoms with Gasteiger partial charge in [0.25, 0.3) is 0 Å². The summed E-state index contributed by atoms with van der Waals surface area (Å²) in [5.74, 6) is -2.27. The maximum atomic E-state index is 12.3. The van der Waals surface area contributed by atoms with Crippen LogP contribution in [-0.2, 0) is 14.3 Å². The van der Waals surface area contributed by atoms with Crippen LogP contribution in [0.2, 0.25) is 0 Å². The molecule has 1 aromatic carbocycles. The number of aliphatic carboxylic acids is 1. The van der Waals surface area contributed by atoms with Crippen LogP contribution in [0.3, 0.4) is 0 Å². The maximum Gasteiger partial charge on any atom is 0.230 e. The number of para-hydroxylation sites is 1. The molecule has 0 aliphatic carbocycles. The fraction of sp³-hybridized carbons (Fsp3) is 0.429. The van der Waals surface area contributed by atoms with Crippen molar-refractivity contribution in [2.75, 3.05) is 11.9 Å². The third kappa shape index (κ3) is 3.92. The number of benzene rings is 1. The van der Waals surface area contributed by atoms with Gasteiger partial charge in [-0.15, -0.1) is 0 Å². The van der Waals surface area contributed by atoms with Gasteiger partial charge in [-0.05, 0) is 47.6 Å². The first-order valence-electron chi connectivity index (χ1n) is 6.45. The van der Waals surface area contributed by atoms with Crippen LogP contribution >= 0.6 is 22.6 Å². The smallest absolute Gasteiger partial charge is 0.230 e. The number of amides is 1. The normalized spacial score (nSPS) is 19.6. The van der Waals surface area contributed by atoms with Crippen LogP contribution < -0.4 is 10.4 Å². The average molecular weight is 388 g/mol. The number of anilines is 1. The van der Waals surface area contributed by atoms with E-state index in [9.17, 15) is 14.7 Å². The van der Waals surface area contributed by atoms with Crippen molar-refractivity contribution in [1.82, 2.24) is 0 Å². The topological polar surface area (TPSA) is 78.5 Å². The summed E-state index contributed by atoms with van der Waals surface area (Å²) in [4.78, 5) is 23.1. The van der Waals surface area contributed by atoms with E-state index in [2.05, 4.69) is 27.9 Å². The molecule has 0 radical (unpaired) electrons. The van der Waals surface area contributed by atoms with E-state index in [-0.39, 0.29) is 18.4 Å². The molecule has 20 heavy (non-hydrogen) atoms. The molecule has 6 heteroatoms. The summed E-state index contributed by atoms with van der Waals surface area (Å²) >= 11 is 2.12. The highest BCUT2D eigenvalue weighted by Crippen LogP contribution is 2.25. The molecule has 5 nitrogen and oxygen atoms in total. The summed E-state index contributed by atoms with van der Waals surface area (Å²) in [5.41, 5.74) is 0.680. The minimum Gasteiger partial charge on any atom is -0.550 e. The SMILES string of the molecule is O=C([O-])C[C@H](C(=O)Nc1ccccc1I)[C@@H]1CCCO1. The van der Waals surface area contributed by atoms with Gasteiger partial charge in [0.05, 0.1) is 17.7 Å². The van der Waals surface area contributed by atoms with Gasteiger partial charge in [0, 0.05) is 22.6 Å². The molecule has 1 heterocycles. The van der Waals surface area contributed by atoms with Crippen molar-refractivity contribution in [3.63, 3.8) is 0 Å². The molecule has 1 fully saturated rings. The van der Waals surface area contributed by atoms with Gasteiger partial charge in [0.2, 0.25) is 5.91 Å². The maximum absolute atomic E-state index is 12.3. The highest BCUT2D eigenvalue weighted by Gasteiger charge is 2.32. The first-order valence-corrected chi connectivity index (χ1v) is 7.52. The molecule has 1 amide bonds. The molecular formula is C14H15INO4-. The Balaban J connectivity index is 2.09. The molecule has 1 aliphatic rings. The number of hydrogen-bond donors (Lipinski definition) is 1. The average Bonchev–Trinajstić information content (AvgIpc) is 2.92. The Morgan fingerprint density at radius 1 is 1.45 bits per heavy atom. The predicted octanol–water partition coefficient (Wildman–Crippen LogP) is 1.16. The number of carboxylic acids is 1. The van der Waals surface area contributed by atoms with Crippen LogP contribution in [0.25, 0.3) is 0 Å². The van der Waals surface area contributed by atoms with E-state index in [1.165, 1.54) is 0 Å². The van der Waals surface area contributed by atoms with Crippen molar-refractivity contribution in [3.05, 3.63) is 27.8 Å². The molecule has 0 saturated carbocycles. The lowest BCUT2D eigenvalue weighted by atomic mass is 9.95. The zero-order valence-corrected chi connectivity index (χ0v) is 13.0. The van der Waals surface area contributed by atoms with E-state index < -0.39 is 11.9 Å². The van der Waals surface area contributed by atoms with Crippen molar-refractivity contribution < 1.29 is 19.4 Å². The van der Waals surface area contributed by atoms with E-state index in [1.54, 1.807) is 6.07 Å². The fourth-order valence-electron chi connectivity index (χ4n) is 2.28. The van der Waals surface area contributed by atoms with Crippen molar-refractivity contribution in [2.45, 2.75) is 25.4 Å². The van der Waals surface area contributed by atoms with Gasteiger partial charge in [0.1, 0.15) is 0 Å². The number of hydrogen-bond acceptors (Lipinski definition) is 4. The lowest BCUT2D eigenvalue weighted by Crippen LogP contribution is -2.38. The summed E-state index contributed by atoms with van der Waals surface area (Å²) < 4.78 is 6.35. The Bertz CT molecular complexity index is 500. The van der Waals surface area contributed by atoms with Crippen LogP contribution in [0.1, 0.15) is 19.3 Å². The summed E-state index contributed by atoms with van der Waals surface area (Å²) in [5, 5.41) is 13.6. The third-order valence-corrected chi connectivity index (χ3v) is 4.21. The molecule has 2 atom stereocenters. The minimum absolute atomic E-state index is 0.320. The monoisotopic (exact) mass is 388 g/mol. The Morgan fingerprint density at radius 3 is 2.80 bits per heavy atom. The predicted molar refractivity (Wildman–Crippen MR) is 79.9 cm³/mol. The number of rotatable bonds is 5. The van der Waals surface area contributed by atoms with Crippen LogP contribution in [-0.4, -0.2) is 24.6 Å². The molecule has 1 aromatic rings. The fourth-order valence-corrected chi connectivity index (χ4v) is 2.80. The third-order valence-electron chi connectivity index (χ3n) is 3.27. The number of carboxylic acid groups (broad SMARTS) is 1. The van der Waals surface area contributed by atoms with Gasteiger partial charge in [-0.25, -0.2) is 0 Å². The Hall–Kier alpha value is -1.15. The standard InChI is InChI=1S/C14H16INO4/c15-10-4-1-2-5-11(10)16-14(19)9(8-13(17)18)12-6-3-7-20-12/h1-2,4-5,9,12H,3,6-8H2,(H,16,19)(H,17,18)/p-1/t9-,12-/m0/s1. The Morgan fingerprint density at radius 2 is 2.20 bits per heavy atom. The quantitative estimate of drug-likeness (QED) is 0.769. The molecule has 108 valence electrons. The molecule has 0 spiro atoms. The zero-order valence-electron chi connectivity index (χ0n) is 10.8. The first kappa shape index (κ1) is 15.2. The highest BCUT2D eigenvalue weighted by atomic mass is 127. The van der Waals surface area contributed by atoms with Crippen molar-refractivity contribution in [3.8, 4) is 0 Å². The van der Waals surface area contributed by atoms with Gasteiger partial charge < -0.3 is 20.0 Å². The molecule has 1 aliphatic heterocycles. The number of ether oxygens (including phenoxy) is 1. The molecule has 0 unspecified atom stereocenters. The van der Waals surface area contributed by atoms with E-state index >= 15 is 0 Å². The second-order valence-corrected chi connectivity index (χ2v) is 5.87. The van der Waals surface area contributed by atoms with Crippen molar-refractivity contribution in [1.29, 1.82) is 0 Å². The second-order valence-electron chi connectivity index (χ2n) is 4.70. The van der Waals surface area contributed by atoms with Crippen molar-refractivity contribution >= 4 is 40.2 Å². The van der Waals surface area contributed by atoms with Gasteiger partial charge >= 0.3 is 0 Å². The van der Waals surface area contributed by atoms with Crippen LogP contribution in [0.5, 0.6) is 0 Å². The number of carbonyl (C=O) groups excluding carboxylic acids is 2. The number of halogens is 1.